The number of aromatic nitrogens is 1. The number of nitrogens with one attached hydrogen (secondary N) is 2. The molecule has 1 aliphatic rings. The zero-order chi connectivity index (χ0) is 15.6. The van der Waals surface area contributed by atoms with Gasteiger partial charge in [-0.05, 0) is 51.2 Å². The van der Waals surface area contributed by atoms with Crippen molar-refractivity contribution >= 4 is 35.6 Å². The van der Waals surface area contributed by atoms with Crippen LogP contribution >= 0.6 is 24.0 Å². The van der Waals surface area contributed by atoms with Gasteiger partial charge in [-0.25, -0.2) is 0 Å². The molecule has 0 unspecified atom stereocenters. The summed E-state index contributed by atoms with van der Waals surface area (Å²) in [5, 5.41) is 6.55. The standard InChI is InChI=1S/C17H29N5.HI/c1-3-19-17(20-4-2)21-12-5-15-8-13-22(14-9-15)16-6-10-18-11-7-16;/h6-7,10-11,15H,3-5,8-9,12-14H2,1-2H3,(H2,19,20,21);1H. The van der Waals surface area contributed by atoms with E-state index in [-0.39, 0.29) is 24.0 Å². The SMILES string of the molecule is CCNC(=NCCC1CCN(c2ccncc2)CC1)NCC.I. The Labute approximate surface area is 157 Å². The van der Waals surface area contributed by atoms with Gasteiger partial charge in [-0.2, -0.15) is 0 Å². The first-order chi connectivity index (χ1) is 10.8. The molecule has 5 nitrogen and oxygen atoms in total. The van der Waals surface area contributed by atoms with E-state index in [0.29, 0.717) is 0 Å². The van der Waals surface area contributed by atoms with Gasteiger partial charge < -0.3 is 15.5 Å². The van der Waals surface area contributed by atoms with E-state index in [1.807, 2.05) is 12.4 Å². The topological polar surface area (TPSA) is 52.6 Å². The molecule has 130 valence electrons. The molecular formula is C17H30IN5. The maximum Gasteiger partial charge on any atom is 0.191 e. The van der Waals surface area contributed by atoms with E-state index in [2.05, 4.69) is 51.5 Å². The van der Waals surface area contributed by atoms with Crippen molar-refractivity contribution in [2.24, 2.45) is 10.9 Å². The van der Waals surface area contributed by atoms with Crippen molar-refractivity contribution in [2.45, 2.75) is 33.1 Å². The van der Waals surface area contributed by atoms with Crippen LogP contribution in [0.1, 0.15) is 33.1 Å². The average molecular weight is 431 g/mol. The van der Waals surface area contributed by atoms with E-state index in [0.717, 1.165) is 44.6 Å². The zero-order valence-corrected chi connectivity index (χ0v) is 16.6. The van der Waals surface area contributed by atoms with E-state index in [4.69, 9.17) is 0 Å². The van der Waals surface area contributed by atoms with Crippen LogP contribution in [0.4, 0.5) is 5.69 Å². The predicted octanol–water partition coefficient (Wildman–Crippen LogP) is 2.88. The van der Waals surface area contributed by atoms with Gasteiger partial charge in [0.05, 0.1) is 0 Å². The molecule has 1 aromatic heterocycles. The molecular weight excluding hydrogens is 401 g/mol. The maximum atomic E-state index is 4.65. The Morgan fingerprint density at radius 3 is 2.35 bits per heavy atom. The summed E-state index contributed by atoms with van der Waals surface area (Å²) in [4.78, 5) is 11.2. The average Bonchev–Trinajstić information content (AvgIpc) is 2.57. The van der Waals surface area contributed by atoms with Crippen molar-refractivity contribution < 1.29 is 0 Å². The largest absolute Gasteiger partial charge is 0.371 e. The van der Waals surface area contributed by atoms with Gasteiger partial charge in [0, 0.05) is 50.8 Å². The summed E-state index contributed by atoms with van der Waals surface area (Å²) in [5.74, 6) is 1.74. The van der Waals surface area contributed by atoms with Crippen molar-refractivity contribution in [1.29, 1.82) is 0 Å². The molecule has 2 rings (SSSR count). The second kappa shape index (κ2) is 11.5. The second-order valence-corrected chi connectivity index (χ2v) is 5.72. The van der Waals surface area contributed by atoms with Crippen LogP contribution < -0.4 is 15.5 Å². The molecule has 0 saturated carbocycles. The van der Waals surface area contributed by atoms with Gasteiger partial charge >= 0.3 is 0 Å². The van der Waals surface area contributed by atoms with Crippen LogP contribution in [0.2, 0.25) is 0 Å². The highest BCUT2D eigenvalue weighted by molar-refractivity contribution is 14.0. The number of rotatable bonds is 6. The molecule has 2 heterocycles. The van der Waals surface area contributed by atoms with E-state index >= 15 is 0 Å². The molecule has 0 aromatic carbocycles. The normalized spacial score (nSPS) is 14.8. The number of anilines is 1. The van der Waals surface area contributed by atoms with Crippen molar-refractivity contribution in [3.63, 3.8) is 0 Å². The molecule has 0 aliphatic carbocycles. The Balaban J connectivity index is 0.00000264. The number of pyridine rings is 1. The van der Waals surface area contributed by atoms with Crippen molar-refractivity contribution in [3.8, 4) is 0 Å². The minimum absolute atomic E-state index is 0. The van der Waals surface area contributed by atoms with Crippen molar-refractivity contribution in [2.75, 3.05) is 37.6 Å². The van der Waals surface area contributed by atoms with Gasteiger partial charge in [0.25, 0.3) is 0 Å². The monoisotopic (exact) mass is 431 g/mol. The lowest BCUT2D eigenvalue weighted by Gasteiger charge is -2.33. The van der Waals surface area contributed by atoms with Gasteiger partial charge in [0.1, 0.15) is 0 Å². The summed E-state index contributed by atoms with van der Waals surface area (Å²) in [6, 6.07) is 4.20. The lowest BCUT2D eigenvalue weighted by atomic mass is 9.93. The molecule has 1 fully saturated rings. The highest BCUT2D eigenvalue weighted by atomic mass is 127. The van der Waals surface area contributed by atoms with Crippen LogP contribution in [0, 0.1) is 5.92 Å². The highest BCUT2D eigenvalue weighted by Crippen LogP contribution is 2.24. The minimum Gasteiger partial charge on any atom is -0.371 e. The van der Waals surface area contributed by atoms with E-state index < -0.39 is 0 Å². The quantitative estimate of drug-likeness (QED) is 0.413. The number of hydrogen-bond donors (Lipinski definition) is 2. The van der Waals surface area contributed by atoms with Crippen LogP contribution in [0.3, 0.4) is 0 Å². The van der Waals surface area contributed by atoms with Gasteiger partial charge in [0.2, 0.25) is 0 Å². The molecule has 0 spiro atoms. The maximum absolute atomic E-state index is 4.65. The summed E-state index contributed by atoms with van der Waals surface area (Å²) in [7, 11) is 0. The Bertz CT molecular complexity index is 436. The number of halogens is 1. The Morgan fingerprint density at radius 2 is 1.78 bits per heavy atom. The second-order valence-electron chi connectivity index (χ2n) is 5.72. The van der Waals surface area contributed by atoms with Gasteiger partial charge in [-0.1, -0.05) is 0 Å². The fourth-order valence-electron chi connectivity index (χ4n) is 2.90. The predicted molar refractivity (Wildman–Crippen MR) is 109 cm³/mol. The molecule has 0 amide bonds. The van der Waals surface area contributed by atoms with Crippen LogP contribution in [0.5, 0.6) is 0 Å². The van der Waals surface area contributed by atoms with Crippen LogP contribution in [-0.4, -0.2) is 43.7 Å². The fourth-order valence-corrected chi connectivity index (χ4v) is 2.90. The molecule has 0 radical (unpaired) electrons. The third-order valence-corrected chi connectivity index (χ3v) is 4.14. The molecule has 2 N–H and O–H groups in total. The summed E-state index contributed by atoms with van der Waals surface area (Å²) < 4.78 is 0. The molecule has 1 saturated heterocycles. The summed E-state index contributed by atoms with van der Waals surface area (Å²) in [6.07, 6.45) is 7.45. The smallest absolute Gasteiger partial charge is 0.191 e. The van der Waals surface area contributed by atoms with E-state index in [1.54, 1.807) is 0 Å². The summed E-state index contributed by atoms with van der Waals surface area (Å²) in [6.45, 7) is 9.22. The lowest BCUT2D eigenvalue weighted by Crippen LogP contribution is -2.37. The lowest BCUT2D eigenvalue weighted by molar-refractivity contribution is 0.386. The summed E-state index contributed by atoms with van der Waals surface area (Å²) in [5.41, 5.74) is 1.30. The van der Waals surface area contributed by atoms with Crippen LogP contribution in [0.15, 0.2) is 29.5 Å². The minimum atomic E-state index is 0. The number of guanidine groups is 1. The Kier molecular flexibility index (Phi) is 9.98. The third kappa shape index (κ3) is 6.93. The molecule has 1 aliphatic heterocycles. The fraction of sp³-hybridized carbons (Fsp3) is 0.647. The van der Waals surface area contributed by atoms with E-state index in [1.165, 1.54) is 24.9 Å². The molecule has 23 heavy (non-hydrogen) atoms. The van der Waals surface area contributed by atoms with Crippen LogP contribution in [0.25, 0.3) is 0 Å². The number of aliphatic imine (C=N–C) groups is 1. The molecule has 0 atom stereocenters. The summed E-state index contributed by atoms with van der Waals surface area (Å²) >= 11 is 0. The number of nitrogens with zero attached hydrogens (tertiary/aromatic N) is 3. The molecule has 6 heteroatoms. The van der Waals surface area contributed by atoms with Crippen molar-refractivity contribution in [3.05, 3.63) is 24.5 Å². The Hall–Kier alpha value is -1.05. The van der Waals surface area contributed by atoms with Crippen molar-refractivity contribution in [1.82, 2.24) is 15.6 Å². The number of piperidine rings is 1. The first kappa shape index (κ1) is 20.0. The Morgan fingerprint density at radius 1 is 1.17 bits per heavy atom. The zero-order valence-electron chi connectivity index (χ0n) is 14.3. The molecule has 1 aromatic rings. The number of hydrogen-bond acceptors (Lipinski definition) is 3. The highest BCUT2D eigenvalue weighted by Gasteiger charge is 2.18. The first-order valence-corrected chi connectivity index (χ1v) is 8.50. The third-order valence-electron chi connectivity index (χ3n) is 4.14. The van der Waals surface area contributed by atoms with Crippen LogP contribution in [-0.2, 0) is 0 Å². The van der Waals surface area contributed by atoms with Gasteiger partial charge in [-0.15, -0.1) is 24.0 Å². The van der Waals surface area contributed by atoms with Gasteiger partial charge in [-0.3, -0.25) is 9.98 Å². The first-order valence-electron chi connectivity index (χ1n) is 8.50. The molecule has 0 bridgehead atoms. The van der Waals surface area contributed by atoms with E-state index in [9.17, 15) is 0 Å². The van der Waals surface area contributed by atoms with Gasteiger partial charge in [0.15, 0.2) is 5.96 Å².